The summed E-state index contributed by atoms with van der Waals surface area (Å²) >= 11 is 2.55. The van der Waals surface area contributed by atoms with Gasteiger partial charge in [0.1, 0.15) is 14.9 Å². The summed E-state index contributed by atoms with van der Waals surface area (Å²) in [6.45, 7) is 5.12. The van der Waals surface area contributed by atoms with Crippen LogP contribution in [0.2, 0.25) is 0 Å². The van der Waals surface area contributed by atoms with Gasteiger partial charge in [0.15, 0.2) is 0 Å². The van der Waals surface area contributed by atoms with Crippen LogP contribution in [0.3, 0.4) is 0 Å². The second-order valence-electron chi connectivity index (χ2n) is 8.18. The zero-order valence-electron chi connectivity index (χ0n) is 19.3. The molecule has 1 unspecified atom stereocenters. The van der Waals surface area contributed by atoms with Crippen molar-refractivity contribution in [3.05, 3.63) is 81.3 Å². The van der Waals surface area contributed by atoms with Crippen LogP contribution in [0, 0.1) is 13.8 Å². The van der Waals surface area contributed by atoms with Crippen LogP contribution in [0.25, 0.3) is 21.1 Å². The Morgan fingerprint density at radius 3 is 2.47 bits per heavy atom. The third-order valence-electron chi connectivity index (χ3n) is 5.46. The normalized spacial score (nSPS) is 15.7. The average Bonchev–Trinajstić information content (AvgIpc) is 3.57. The van der Waals surface area contributed by atoms with Gasteiger partial charge >= 0.3 is 6.18 Å². The fourth-order valence-corrected chi connectivity index (χ4v) is 5.55. The van der Waals surface area contributed by atoms with Crippen molar-refractivity contribution in [1.82, 2.24) is 15.0 Å². The lowest BCUT2D eigenvalue weighted by atomic mass is 10.1. The molecular weight excluding hydrogens is 509 g/mol. The lowest BCUT2D eigenvalue weighted by Crippen LogP contribution is -2.24. The van der Waals surface area contributed by atoms with E-state index in [9.17, 15) is 18.0 Å². The second-order valence-corrected chi connectivity index (χ2v) is 10.2. The average molecular weight is 529 g/mol. The number of amides is 1. The van der Waals surface area contributed by atoms with Gasteiger partial charge in [-0.15, -0.1) is 27.8 Å². The molecule has 1 amide bonds. The number of aryl methyl sites for hydroxylation is 2. The molecule has 4 aromatic rings. The van der Waals surface area contributed by atoms with E-state index in [1.807, 2.05) is 31.2 Å². The number of alkyl halides is 3. The van der Waals surface area contributed by atoms with Crippen molar-refractivity contribution in [2.45, 2.75) is 33.2 Å². The van der Waals surface area contributed by atoms with Crippen LogP contribution in [0.4, 0.5) is 13.2 Å². The highest BCUT2D eigenvalue weighted by Gasteiger charge is 2.36. The summed E-state index contributed by atoms with van der Waals surface area (Å²) in [4.78, 5) is 22.5. The van der Waals surface area contributed by atoms with Gasteiger partial charge in [-0.25, -0.2) is 9.97 Å². The van der Waals surface area contributed by atoms with Gasteiger partial charge in [0, 0.05) is 24.2 Å². The molecule has 0 saturated heterocycles. The van der Waals surface area contributed by atoms with E-state index in [0.717, 1.165) is 39.6 Å². The Bertz CT molecular complexity index is 1480. The minimum absolute atomic E-state index is 0.189. The summed E-state index contributed by atoms with van der Waals surface area (Å²) in [6, 6.07) is 13.0. The van der Waals surface area contributed by atoms with Crippen molar-refractivity contribution >= 4 is 34.5 Å². The number of halogens is 3. The molecule has 11 heteroatoms. The molecule has 1 atom stereocenters. The van der Waals surface area contributed by atoms with Crippen LogP contribution >= 0.6 is 22.7 Å². The number of hydrogen-bond donors (Lipinski definition) is 0. The molecule has 0 spiro atoms. The van der Waals surface area contributed by atoms with E-state index in [1.54, 1.807) is 19.2 Å². The predicted octanol–water partition coefficient (Wildman–Crippen LogP) is 6.81. The van der Waals surface area contributed by atoms with Crippen molar-refractivity contribution in [2.24, 2.45) is 5.10 Å². The Morgan fingerprint density at radius 1 is 1.03 bits per heavy atom. The monoisotopic (exact) mass is 528 g/mol. The van der Waals surface area contributed by atoms with Gasteiger partial charge in [-0.1, -0.05) is 42.0 Å². The first-order valence-corrected chi connectivity index (χ1v) is 12.5. The zero-order chi connectivity index (χ0) is 25.6. The van der Waals surface area contributed by atoms with Crippen LogP contribution in [-0.2, 0) is 15.7 Å². The smallest absolute Gasteiger partial charge is 0.416 e. The Morgan fingerprint density at radius 2 is 1.78 bits per heavy atom. The highest BCUT2D eigenvalue weighted by Crippen LogP contribution is 2.39. The minimum atomic E-state index is -4.45. The molecule has 0 N–H and O–H groups in total. The summed E-state index contributed by atoms with van der Waals surface area (Å²) < 4.78 is 45.6. The molecule has 2 aromatic heterocycles. The quantitative estimate of drug-likeness (QED) is 0.292. The standard InChI is InChI=1S/C25H19F3N4O2S2/c1-13-7-9-16(10-8-13)22-29-12-19(35-22)24-32(15(3)33)31-21(34-24)20-14(2)30-23(36-20)17-5-4-6-18(11-17)25(26,27)28/h4-12,24H,1-3H3. The van der Waals surface area contributed by atoms with E-state index in [1.165, 1.54) is 29.3 Å². The third kappa shape index (κ3) is 4.63. The second kappa shape index (κ2) is 9.14. The number of rotatable bonds is 4. The largest absolute Gasteiger partial charge is 0.444 e. The Hall–Kier alpha value is -3.57. The number of thiazole rings is 2. The maximum atomic E-state index is 13.2. The summed E-state index contributed by atoms with van der Waals surface area (Å²) in [5, 5.41) is 6.81. The number of hydrogen-bond acceptors (Lipinski definition) is 7. The molecule has 184 valence electrons. The molecule has 0 aliphatic carbocycles. The van der Waals surface area contributed by atoms with Gasteiger partial charge in [-0.05, 0) is 26.0 Å². The van der Waals surface area contributed by atoms with Gasteiger partial charge in [-0.3, -0.25) is 4.79 Å². The van der Waals surface area contributed by atoms with Gasteiger partial charge in [0.25, 0.3) is 5.90 Å². The SMILES string of the molecule is CC(=O)N1N=C(c2sc(-c3cccc(C(F)(F)F)c3)nc2C)OC1c1cnc(-c2ccc(C)cc2)s1. The molecular formula is C25H19F3N4O2S2. The molecule has 0 radical (unpaired) electrons. The van der Waals surface area contributed by atoms with Crippen LogP contribution in [0.5, 0.6) is 0 Å². The molecule has 36 heavy (non-hydrogen) atoms. The van der Waals surface area contributed by atoms with Gasteiger partial charge in [0.2, 0.25) is 12.1 Å². The first-order valence-electron chi connectivity index (χ1n) is 10.8. The number of benzene rings is 2. The van der Waals surface area contributed by atoms with Gasteiger partial charge < -0.3 is 4.74 Å². The Kier molecular flexibility index (Phi) is 6.13. The van der Waals surface area contributed by atoms with Crippen molar-refractivity contribution in [3.63, 3.8) is 0 Å². The van der Waals surface area contributed by atoms with Crippen LogP contribution in [0.1, 0.15) is 39.7 Å². The number of carbonyl (C=O) groups excluding carboxylic acids is 1. The number of ether oxygens (including phenoxy) is 1. The molecule has 6 nitrogen and oxygen atoms in total. The maximum Gasteiger partial charge on any atom is 0.416 e. The summed E-state index contributed by atoms with van der Waals surface area (Å²) in [5.41, 5.74) is 2.23. The lowest BCUT2D eigenvalue weighted by Gasteiger charge is -2.16. The lowest BCUT2D eigenvalue weighted by molar-refractivity contribution is -0.137. The third-order valence-corrected chi connectivity index (χ3v) is 7.73. The number of hydrazone groups is 1. The van der Waals surface area contributed by atoms with Crippen molar-refractivity contribution in [1.29, 1.82) is 0 Å². The Labute approximate surface area is 212 Å². The highest BCUT2D eigenvalue weighted by atomic mass is 32.1. The van der Waals surface area contributed by atoms with Gasteiger partial charge in [0.05, 0.1) is 16.1 Å². The molecule has 0 fully saturated rings. The van der Waals surface area contributed by atoms with E-state index < -0.39 is 18.0 Å². The number of carbonyl (C=O) groups is 1. The molecule has 2 aromatic carbocycles. The molecule has 0 saturated carbocycles. The summed E-state index contributed by atoms with van der Waals surface area (Å²) in [5.74, 6) is -0.130. The first kappa shape index (κ1) is 24.1. The van der Waals surface area contributed by atoms with E-state index in [2.05, 4.69) is 15.1 Å². The topological polar surface area (TPSA) is 67.7 Å². The van der Waals surface area contributed by atoms with E-state index in [0.29, 0.717) is 26.0 Å². The molecule has 1 aliphatic heterocycles. The van der Waals surface area contributed by atoms with Gasteiger partial charge in [-0.2, -0.15) is 18.2 Å². The first-order chi connectivity index (χ1) is 17.1. The molecule has 0 bridgehead atoms. The predicted molar refractivity (Wildman–Crippen MR) is 132 cm³/mol. The molecule has 5 rings (SSSR count). The summed E-state index contributed by atoms with van der Waals surface area (Å²) in [6.07, 6.45) is -3.59. The minimum Gasteiger partial charge on any atom is -0.444 e. The zero-order valence-corrected chi connectivity index (χ0v) is 21.0. The van der Waals surface area contributed by atoms with Crippen LogP contribution < -0.4 is 0 Å². The number of aromatic nitrogens is 2. The van der Waals surface area contributed by atoms with Crippen LogP contribution in [-0.4, -0.2) is 26.8 Å². The Balaban J connectivity index is 1.44. The van der Waals surface area contributed by atoms with Crippen LogP contribution in [0.15, 0.2) is 59.8 Å². The van der Waals surface area contributed by atoms with E-state index in [-0.39, 0.29) is 11.8 Å². The van der Waals surface area contributed by atoms with Crippen molar-refractivity contribution in [2.75, 3.05) is 0 Å². The summed E-state index contributed by atoms with van der Waals surface area (Å²) in [7, 11) is 0. The maximum absolute atomic E-state index is 13.2. The van der Waals surface area contributed by atoms with E-state index >= 15 is 0 Å². The fraction of sp³-hybridized carbons (Fsp3) is 0.200. The molecule has 1 aliphatic rings. The fourth-order valence-electron chi connectivity index (χ4n) is 3.62. The highest BCUT2D eigenvalue weighted by molar-refractivity contribution is 7.17. The molecule has 3 heterocycles. The van der Waals surface area contributed by atoms with E-state index in [4.69, 9.17) is 4.74 Å². The van der Waals surface area contributed by atoms with Crippen molar-refractivity contribution < 1.29 is 22.7 Å². The van der Waals surface area contributed by atoms with Crippen molar-refractivity contribution in [3.8, 4) is 21.1 Å². The number of nitrogens with zero attached hydrogens (tertiary/aromatic N) is 4.